The van der Waals surface area contributed by atoms with E-state index in [1.165, 1.54) is 0 Å². The van der Waals surface area contributed by atoms with Gasteiger partial charge in [0.2, 0.25) is 0 Å². The third-order valence-electron chi connectivity index (χ3n) is 10.8. The van der Waals surface area contributed by atoms with Gasteiger partial charge in [0.25, 0.3) is 0 Å². The molecule has 194 valence electrons. The summed E-state index contributed by atoms with van der Waals surface area (Å²) in [6.45, 7) is 7.34. The number of hydrogen-bond donors (Lipinski definition) is 6. The number of carbonyl (C=O) groups is 1. The Balaban J connectivity index is 1.60. The van der Waals surface area contributed by atoms with Crippen molar-refractivity contribution in [3.63, 3.8) is 0 Å². The van der Waals surface area contributed by atoms with E-state index in [2.05, 4.69) is 6.92 Å². The Labute approximate surface area is 202 Å². The molecule has 0 amide bonds. The van der Waals surface area contributed by atoms with E-state index in [-0.39, 0.29) is 42.5 Å². The minimum absolute atomic E-state index is 0.0194. The van der Waals surface area contributed by atoms with Crippen molar-refractivity contribution in [1.29, 1.82) is 0 Å². The lowest BCUT2D eigenvalue weighted by Gasteiger charge is -2.60. The van der Waals surface area contributed by atoms with Crippen LogP contribution >= 0.6 is 0 Å². The van der Waals surface area contributed by atoms with Crippen molar-refractivity contribution in [3.8, 4) is 0 Å². The number of ketones is 1. The van der Waals surface area contributed by atoms with Gasteiger partial charge in [0, 0.05) is 11.3 Å². The van der Waals surface area contributed by atoms with Crippen molar-refractivity contribution in [3.05, 3.63) is 11.6 Å². The van der Waals surface area contributed by atoms with Crippen LogP contribution in [0, 0.1) is 34.5 Å². The maximum atomic E-state index is 13.2. The first-order chi connectivity index (χ1) is 15.7. The lowest BCUT2D eigenvalue weighted by atomic mass is 9.46. The summed E-state index contributed by atoms with van der Waals surface area (Å²) in [7, 11) is 0. The van der Waals surface area contributed by atoms with Gasteiger partial charge in [-0.15, -0.1) is 0 Å². The van der Waals surface area contributed by atoms with Crippen LogP contribution in [-0.2, 0) is 4.79 Å². The summed E-state index contributed by atoms with van der Waals surface area (Å²) in [6, 6.07) is 0. The van der Waals surface area contributed by atoms with Crippen LogP contribution < -0.4 is 0 Å². The summed E-state index contributed by atoms with van der Waals surface area (Å²) in [4.78, 5) is 13.2. The molecule has 0 aromatic carbocycles. The zero-order valence-corrected chi connectivity index (χ0v) is 21.1. The highest BCUT2D eigenvalue weighted by Gasteiger charge is 2.67. The highest BCUT2D eigenvalue weighted by atomic mass is 16.3. The quantitative estimate of drug-likeness (QED) is 0.340. The number of rotatable bonds is 6. The average Bonchev–Trinajstić information content (AvgIpc) is 3.05. The van der Waals surface area contributed by atoms with E-state index >= 15 is 0 Å². The van der Waals surface area contributed by atoms with Gasteiger partial charge in [-0.1, -0.05) is 20.8 Å². The van der Waals surface area contributed by atoms with Crippen LogP contribution in [-0.4, -0.2) is 72.5 Å². The van der Waals surface area contributed by atoms with Gasteiger partial charge in [0.1, 0.15) is 0 Å². The minimum Gasteiger partial charge on any atom is -0.393 e. The highest BCUT2D eigenvalue weighted by Crippen LogP contribution is 2.68. The lowest BCUT2D eigenvalue weighted by Crippen LogP contribution is -2.61. The summed E-state index contributed by atoms with van der Waals surface area (Å²) in [5.74, 6) is -0.480. The molecule has 7 nitrogen and oxygen atoms in total. The second kappa shape index (κ2) is 8.63. The number of carbonyl (C=O) groups excluding carboxylic acids is 1. The monoisotopic (exact) mass is 480 g/mol. The molecule has 0 bridgehead atoms. The third-order valence-corrected chi connectivity index (χ3v) is 10.8. The summed E-state index contributed by atoms with van der Waals surface area (Å²) < 4.78 is 0. The molecule has 0 aromatic rings. The molecule has 0 saturated heterocycles. The van der Waals surface area contributed by atoms with Crippen LogP contribution in [0.3, 0.4) is 0 Å². The van der Waals surface area contributed by atoms with E-state index in [0.717, 1.165) is 24.8 Å². The number of fused-ring (bicyclic) bond motifs is 5. The van der Waals surface area contributed by atoms with E-state index in [0.29, 0.717) is 25.7 Å². The molecule has 0 aromatic heterocycles. The maximum absolute atomic E-state index is 13.2. The molecule has 4 rings (SSSR count). The van der Waals surface area contributed by atoms with Crippen molar-refractivity contribution in [2.24, 2.45) is 34.5 Å². The first-order valence-electron chi connectivity index (χ1n) is 13.1. The Morgan fingerprint density at radius 1 is 1.15 bits per heavy atom. The van der Waals surface area contributed by atoms with Gasteiger partial charge in [0.15, 0.2) is 5.78 Å². The topological polar surface area (TPSA) is 138 Å². The Bertz CT molecular complexity index is 839. The molecule has 4 aliphatic rings. The maximum Gasteiger partial charge on any atom is 0.159 e. The van der Waals surface area contributed by atoms with E-state index in [1.807, 2.05) is 13.8 Å². The molecular formula is C27H44O7. The van der Waals surface area contributed by atoms with Gasteiger partial charge >= 0.3 is 0 Å². The van der Waals surface area contributed by atoms with Crippen molar-refractivity contribution in [1.82, 2.24) is 0 Å². The fourth-order valence-electron chi connectivity index (χ4n) is 8.32. The summed E-state index contributed by atoms with van der Waals surface area (Å²) in [6.07, 6.45) is 3.32. The Morgan fingerprint density at radius 2 is 1.82 bits per heavy atom. The Hall–Kier alpha value is -0.830. The largest absolute Gasteiger partial charge is 0.393 e. The Kier molecular flexibility index (Phi) is 6.66. The molecule has 3 saturated carbocycles. The average molecular weight is 481 g/mol. The molecule has 3 fully saturated rings. The first kappa shape index (κ1) is 26.2. The van der Waals surface area contributed by atoms with Crippen LogP contribution in [0.25, 0.3) is 0 Å². The zero-order chi connectivity index (χ0) is 25.3. The molecule has 0 aliphatic heterocycles. The fourth-order valence-corrected chi connectivity index (χ4v) is 8.32. The van der Waals surface area contributed by atoms with Crippen molar-refractivity contribution in [2.45, 2.75) is 109 Å². The highest BCUT2D eigenvalue weighted by molar-refractivity contribution is 5.95. The molecule has 4 aliphatic carbocycles. The fraction of sp³-hybridized carbons (Fsp3) is 0.889. The van der Waals surface area contributed by atoms with Crippen molar-refractivity contribution < 1.29 is 35.4 Å². The third kappa shape index (κ3) is 3.82. The number of aliphatic hydroxyl groups excluding tert-OH is 4. The summed E-state index contributed by atoms with van der Waals surface area (Å²) in [5.41, 5.74) is -2.56. The molecule has 6 N–H and O–H groups in total. The molecular weight excluding hydrogens is 436 g/mol. The smallest absolute Gasteiger partial charge is 0.159 e. The predicted molar refractivity (Wildman–Crippen MR) is 127 cm³/mol. The number of hydrogen-bond acceptors (Lipinski definition) is 7. The van der Waals surface area contributed by atoms with Crippen molar-refractivity contribution >= 4 is 5.78 Å². The van der Waals surface area contributed by atoms with Gasteiger partial charge in [-0.05, 0) is 93.1 Å². The van der Waals surface area contributed by atoms with Crippen LogP contribution in [0.4, 0.5) is 0 Å². The minimum atomic E-state index is -1.23. The molecule has 0 spiro atoms. The number of allylic oxidation sites excluding steroid dienone is 1. The van der Waals surface area contributed by atoms with Crippen LogP contribution in [0.1, 0.15) is 79.1 Å². The normalized spacial score (nSPS) is 47.6. The van der Waals surface area contributed by atoms with E-state index in [4.69, 9.17) is 0 Å². The van der Waals surface area contributed by atoms with E-state index < -0.39 is 40.3 Å². The second-order valence-electron chi connectivity index (χ2n) is 12.8. The van der Waals surface area contributed by atoms with E-state index in [1.54, 1.807) is 13.0 Å². The van der Waals surface area contributed by atoms with Gasteiger partial charge in [-0.25, -0.2) is 0 Å². The molecule has 7 heteroatoms. The summed E-state index contributed by atoms with van der Waals surface area (Å²) in [5, 5.41) is 63.3. The van der Waals surface area contributed by atoms with Crippen LogP contribution in [0.15, 0.2) is 11.6 Å². The van der Waals surface area contributed by atoms with E-state index in [9.17, 15) is 35.4 Å². The number of aliphatic hydroxyl groups is 6. The predicted octanol–water partition coefficient (Wildman–Crippen LogP) is 1.71. The zero-order valence-electron chi connectivity index (χ0n) is 21.1. The Morgan fingerprint density at radius 3 is 2.47 bits per heavy atom. The van der Waals surface area contributed by atoms with Gasteiger partial charge in [-0.3, -0.25) is 4.79 Å². The molecule has 0 heterocycles. The van der Waals surface area contributed by atoms with Crippen molar-refractivity contribution in [2.75, 3.05) is 6.61 Å². The molecule has 0 radical (unpaired) electrons. The molecule has 0 unspecified atom stereocenters. The molecule has 34 heavy (non-hydrogen) atoms. The van der Waals surface area contributed by atoms with Crippen LogP contribution in [0.5, 0.6) is 0 Å². The van der Waals surface area contributed by atoms with Crippen LogP contribution in [0.2, 0.25) is 0 Å². The lowest BCUT2D eigenvalue weighted by molar-refractivity contribution is -0.154. The van der Waals surface area contributed by atoms with Gasteiger partial charge in [-0.2, -0.15) is 0 Å². The summed E-state index contributed by atoms with van der Waals surface area (Å²) >= 11 is 0. The second-order valence-corrected chi connectivity index (χ2v) is 12.8. The van der Waals surface area contributed by atoms with Gasteiger partial charge < -0.3 is 30.6 Å². The molecule has 11 atom stereocenters. The first-order valence-corrected chi connectivity index (χ1v) is 13.1. The van der Waals surface area contributed by atoms with Gasteiger partial charge in [0.05, 0.1) is 36.1 Å². The standard InChI is InChI=1S/C27H44O7/c1-15(20(29)7-8-24(2,33)14-28)16-6-10-27(34)18-11-21(30)19-12-22(31)23(32)13-25(19,3)17(18)5-9-26(16,27)4/h11,15-17,19-20,22-23,28-29,31-34H,5-10,12-14H2,1-4H3/t15-,16+,17-,19-,20+,22+,23-,24+,25+,26+,27+/m0/s1. The SMILES string of the molecule is C[C@H]([C@H](O)CC[C@@](C)(O)CO)[C@H]1CC[C@@]2(O)C3=CC(=O)[C@@H]4C[C@@H](O)[C@@H](O)C[C@]4(C)[C@H]3CC[C@]12C.